The molecule has 0 aliphatic carbocycles. The molecule has 0 aromatic heterocycles. The quantitative estimate of drug-likeness (QED) is 0.672. The number of halogens is 1. The molecule has 2 aromatic rings. The first-order valence-corrected chi connectivity index (χ1v) is 6.32. The first kappa shape index (κ1) is 14.1. The summed E-state index contributed by atoms with van der Waals surface area (Å²) in [6, 6.07) is 11.3. The minimum absolute atomic E-state index is 0.0260. The topological polar surface area (TPSA) is 72.2 Å². The van der Waals surface area contributed by atoms with Crippen molar-refractivity contribution in [3.63, 3.8) is 0 Å². The number of carbonyl (C=O) groups excluding carboxylic acids is 2. The average molecular weight is 289 g/mol. The van der Waals surface area contributed by atoms with Gasteiger partial charge in [0, 0.05) is 22.0 Å². The fourth-order valence-electron chi connectivity index (χ4n) is 1.71. The molecule has 3 N–H and O–H groups in total. The van der Waals surface area contributed by atoms with Gasteiger partial charge in [0.25, 0.3) is 5.91 Å². The number of benzene rings is 2. The van der Waals surface area contributed by atoms with Crippen molar-refractivity contribution in [3.05, 3.63) is 58.6 Å². The average Bonchev–Trinajstić information content (AvgIpc) is 2.42. The van der Waals surface area contributed by atoms with E-state index in [0.717, 1.165) is 0 Å². The Hall–Kier alpha value is -2.33. The van der Waals surface area contributed by atoms with Crippen molar-refractivity contribution in [1.82, 2.24) is 0 Å². The molecule has 0 atom stereocenters. The Morgan fingerprint density at radius 1 is 1.10 bits per heavy atom. The molecule has 2 rings (SSSR count). The molecule has 0 bridgehead atoms. The summed E-state index contributed by atoms with van der Waals surface area (Å²) < 4.78 is 0. The Labute approximate surface area is 121 Å². The first-order chi connectivity index (χ1) is 9.47. The fourth-order valence-corrected chi connectivity index (χ4v) is 1.88. The summed E-state index contributed by atoms with van der Waals surface area (Å²) >= 11 is 5.85. The molecule has 102 valence electrons. The number of amides is 1. The maximum absolute atomic E-state index is 12.1. The highest BCUT2D eigenvalue weighted by Crippen LogP contribution is 2.19. The van der Waals surface area contributed by atoms with Crippen LogP contribution in [-0.2, 0) is 0 Å². The van der Waals surface area contributed by atoms with Gasteiger partial charge in [0.2, 0.25) is 0 Å². The van der Waals surface area contributed by atoms with Crippen molar-refractivity contribution in [2.24, 2.45) is 0 Å². The number of hydrogen-bond acceptors (Lipinski definition) is 3. The monoisotopic (exact) mass is 288 g/mol. The van der Waals surface area contributed by atoms with Crippen LogP contribution in [0.3, 0.4) is 0 Å². The Morgan fingerprint density at radius 2 is 1.75 bits per heavy atom. The van der Waals surface area contributed by atoms with E-state index in [4.69, 9.17) is 17.3 Å². The Morgan fingerprint density at radius 3 is 2.35 bits per heavy atom. The zero-order valence-electron chi connectivity index (χ0n) is 10.8. The van der Waals surface area contributed by atoms with Gasteiger partial charge >= 0.3 is 0 Å². The van der Waals surface area contributed by atoms with E-state index in [1.54, 1.807) is 36.4 Å². The van der Waals surface area contributed by atoms with Gasteiger partial charge in [0.05, 0.1) is 5.56 Å². The predicted octanol–water partition coefficient (Wildman–Crippen LogP) is 3.38. The number of anilines is 2. The van der Waals surface area contributed by atoms with E-state index in [1.807, 2.05) is 0 Å². The van der Waals surface area contributed by atoms with E-state index >= 15 is 0 Å². The molecule has 1 amide bonds. The van der Waals surface area contributed by atoms with Crippen molar-refractivity contribution in [3.8, 4) is 0 Å². The second-order valence-electron chi connectivity index (χ2n) is 4.32. The SMILES string of the molecule is CC(=O)c1ccc(NC(=O)c2cc(Cl)ccc2N)cc1. The third-order valence-corrected chi connectivity index (χ3v) is 3.04. The summed E-state index contributed by atoms with van der Waals surface area (Å²) in [5, 5.41) is 3.14. The van der Waals surface area contributed by atoms with Crippen LogP contribution in [0.25, 0.3) is 0 Å². The molecule has 2 aromatic carbocycles. The van der Waals surface area contributed by atoms with Crippen LogP contribution >= 0.6 is 11.6 Å². The number of rotatable bonds is 3. The first-order valence-electron chi connectivity index (χ1n) is 5.95. The van der Waals surface area contributed by atoms with Crippen molar-refractivity contribution >= 4 is 34.7 Å². The molecule has 0 saturated heterocycles. The van der Waals surface area contributed by atoms with E-state index in [1.165, 1.54) is 13.0 Å². The molecule has 0 saturated carbocycles. The number of Topliss-reactive ketones (excluding diaryl/α,β-unsaturated/α-hetero) is 1. The van der Waals surface area contributed by atoms with Gasteiger partial charge in [0.15, 0.2) is 5.78 Å². The number of ketones is 1. The standard InChI is InChI=1S/C15H13ClN2O2/c1-9(19)10-2-5-12(6-3-10)18-15(20)13-8-11(16)4-7-14(13)17/h2-8H,17H2,1H3,(H,18,20). The van der Waals surface area contributed by atoms with E-state index in [-0.39, 0.29) is 11.7 Å². The van der Waals surface area contributed by atoms with Crippen LogP contribution in [0.5, 0.6) is 0 Å². The van der Waals surface area contributed by atoms with Gasteiger partial charge < -0.3 is 11.1 Å². The number of nitrogens with two attached hydrogens (primary N) is 1. The lowest BCUT2D eigenvalue weighted by molar-refractivity contribution is 0.101. The molecular weight excluding hydrogens is 276 g/mol. The van der Waals surface area contributed by atoms with Crippen LogP contribution in [0.2, 0.25) is 5.02 Å². The summed E-state index contributed by atoms with van der Waals surface area (Å²) in [6.45, 7) is 1.49. The van der Waals surface area contributed by atoms with Crippen LogP contribution in [0.4, 0.5) is 11.4 Å². The van der Waals surface area contributed by atoms with Gasteiger partial charge in [0.1, 0.15) is 0 Å². The lowest BCUT2D eigenvalue weighted by Gasteiger charge is -2.08. The minimum Gasteiger partial charge on any atom is -0.398 e. The minimum atomic E-state index is -0.347. The molecule has 0 spiro atoms. The number of nitrogens with one attached hydrogen (secondary N) is 1. The Bertz CT molecular complexity index is 666. The van der Waals surface area contributed by atoms with Crippen molar-refractivity contribution in [2.75, 3.05) is 11.1 Å². The lowest BCUT2D eigenvalue weighted by atomic mass is 10.1. The van der Waals surface area contributed by atoms with E-state index < -0.39 is 0 Å². The highest BCUT2D eigenvalue weighted by atomic mass is 35.5. The maximum atomic E-state index is 12.1. The van der Waals surface area contributed by atoms with Gasteiger partial charge in [-0.3, -0.25) is 9.59 Å². The predicted molar refractivity (Wildman–Crippen MR) is 80.3 cm³/mol. The summed E-state index contributed by atoms with van der Waals surface area (Å²) in [6.07, 6.45) is 0. The van der Waals surface area contributed by atoms with E-state index in [0.29, 0.717) is 27.5 Å². The lowest BCUT2D eigenvalue weighted by Crippen LogP contribution is -2.14. The third kappa shape index (κ3) is 3.16. The van der Waals surface area contributed by atoms with Crippen molar-refractivity contribution in [2.45, 2.75) is 6.92 Å². The molecule has 0 aliphatic rings. The zero-order chi connectivity index (χ0) is 14.7. The number of carbonyl (C=O) groups is 2. The second kappa shape index (κ2) is 5.75. The Kier molecular flexibility index (Phi) is 4.05. The largest absolute Gasteiger partial charge is 0.398 e. The molecule has 0 aliphatic heterocycles. The van der Waals surface area contributed by atoms with Crippen LogP contribution in [0, 0.1) is 0 Å². The summed E-state index contributed by atoms with van der Waals surface area (Å²) in [4.78, 5) is 23.3. The summed E-state index contributed by atoms with van der Waals surface area (Å²) in [7, 11) is 0. The van der Waals surface area contributed by atoms with Crippen LogP contribution in [-0.4, -0.2) is 11.7 Å². The molecule has 4 nitrogen and oxygen atoms in total. The number of nitrogen functional groups attached to an aromatic ring is 1. The third-order valence-electron chi connectivity index (χ3n) is 2.81. The molecule has 0 radical (unpaired) electrons. The van der Waals surface area contributed by atoms with Crippen LogP contribution in [0.15, 0.2) is 42.5 Å². The summed E-state index contributed by atoms with van der Waals surface area (Å²) in [5.41, 5.74) is 7.58. The van der Waals surface area contributed by atoms with Gasteiger partial charge in [-0.25, -0.2) is 0 Å². The van der Waals surface area contributed by atoms with E-state index in [9.17, 15) is 9.59 Å². The normalized spacial score (nSPS) is 10.1. The highest BCUT2D eigenvalue weighted by Gasteiger charge is 2.10. The van der Waals surface area contributed by atoms with Gasteiger partial charge in [-0.05, 0) is 49.4 Å². The fraction of sp³-hybridized carbons (Fsp3) is 0.0667. The van der Waals surface area contributed by atoms with Crippen molar-refractivity contribution < 1.29 is 9.59 Å². The smallest absolute Gasteiger partial charge is 0.257 e. The molecule has 0 fully saturated rings. The molecule has 20 heavy (non-hydrogen) atoms. The van der Waals surface area contributed by atoms with Gasteiger partial charge in [-0.1, -0.05) is 11.6 Å². The van der Waals surface area contributed by atoms with Crippen LogP contribution in [0.1, 0.15) is 27.6 Å². The maximum Gasteiger partial charge on any atom is 0.257 e. The molecule has 0 unspecified atom stereocenters. The van der Waals surface area contributed by atoms with Gasteiger partial charge in [-0.2, -0.15) is 0 Å². The molecule has 5 heteroatoms. The second-order valence-corrected chi connectivity index (χ2v) is 4.76. The van der Waals surface area contributed by atoms with Crippen LogP contribution < -0.4 is 11.1 Å². The number of hydrogen-bond donors (Lipinski definition) is 2. The molecular formula is C15H13ClN2O2. The summed E-state index contributed by atoms with van der Waals surface area (Å²) in [5.74, 6) is -0.373. The Balaban J connectivity index is 2.19. The van der Waals surface area contributed by atoms with Crippen molar-refractivity contribution in [1.29, 1.82) is 0 Å². The van der Waals surface area contributed by atoms with Gasteiger partial charge in [-0.15, -0.1) is 0 Å². The van der Waals surface area contributed by atoms with E-state index in [2.05, 4.69) is 5.32 Å². The zero-order valence-corrected chi connectivity index (χ0v) is 11.6. The highest BCUT2D eigenvalue weighted by molar-refractivity contribution is 6.31. The molecule has 0 heterocycles.